The first-order chi connectivity index (χ1) is 16.5. The zero-order valence-corrected chi connectivity index (χ0v) is 20.7. The van der Waals surface area contributed by atoms with Crippen LogP contribution in [0.25, 0.3) is 16.6 Å². The molecule has 1 aromatic heterocycles. The van der Waals surface area contributed by atoms with Gasteiger partial charge >= 0.3 is 0 Å². The molecule has 0 amide bonds. The van der Waals surface area contributed by atoms with E-state index in [1.807, 2.05) is 53.2 Å². The number of fused-ring (bicyclic) bond motifs is 1. The molecule has 3 aromatic rings. The summed E-state index contributed by atoms with van der Waals surface area (Å²) in [4.78, 5) is 2.66. The van der Waals surface area contributed by atoms with E-state index < -0.39 is 6.23 Å². The molecule has 7 heteroatoms. The molecule has 34 heavy (non-hydrogen) atoms. The molecule has 0 bridgehead atoms. The van der Waals surface area contributed by atoms with Gasteiger partial charge in [-0.25, -0.2) is 0 Å². The summed E-state index contributed by atoms with van der Waals surface area (Å²) in [6.07, 6.45) is 7.27. The maximum absolute atomic E-state index is 11.4. The molecule has 1 unspecified atom stereocenters. The summed E-state index contributed by atoms with van der Waals surface area (Å²) in [5, 5.41) is 20.0. The van der Waals surface area contributed by atoms with Gasteiger partial charge in [0.25, 0.3) is 0 Å². The molecule has 1 saturated carbocycles. The largest absolute Gasteiger partial charge is 0.397 e. The van der Waals surface area contributed by atoms with Crippen molar-refractivity contribution in [2.45, 2.75) is 56.8 Å². The molecule has 5 rings (SSSR count). The van der Waals surface area contributed by atoms with Crippen LogP contribution in [0.3, 0.4) is 0 Å². The lowest BCUT2D eigenvalue weighted by atomic mass is 9.79. The SMILES string of the molecule is C[C@@H]1CN(C2(CNC(O)c3cn(-c4ccccc4N)c4cccc(Cl)c34)CCCCC2)CCN1. The van der Waals surface area contributed by atoms with Crippen molar-refractivity contribution in [1.29, 1.82) is 0 Å². The van der Waals surface area contributed by atoms with Crippen LogP contribution in [0, 0.1) is 0 Å². The molecule has 5 N–H and O–H groups in total. The molecule has 1 saturated heterocycles. The smallest absolute Gasteiger partial charge is 0.133 e. The van der Waals surface area contributed by atoms with Gasteiger partial charge in [-0.3, -0.25) is 10.2 Å². The minimum absolute atomic E-state index is 0.0849. The fraction of sp³-hybridized carbons (Fsp3) is 0.481. The highest BCUT2D eigenvalue weighted by Gasteiger charge is 2.39. The molecule has 0 spiro atoms. The van der Waals surface area contributed by atoms with Crippen LogP contribution >= 0.6 is 11.6 Å². The minimum atomic E-state index is -0.826. The number of aliphatic hydroxyl groups is 1. The van der Waals surface area contributed by atoms with Gasteiger partial charge in [-0.1, -0.05) is 49.1 Å². The minimum Gasteiger partial charge on any atom is -0.397 e. The van der Waals surface area contributed by atoms with Crippen molar-refractivity contribution in [3.8, 4) is 5.69 Å². The number of aliphatic hydroxyl groups excluding tert-OH is 1. The Bertz CT molecular complexity index is 1140. The molecule has 2 aliphatic rings. The number of rotatable bonds is 6. The number of nitrogens with zero attached hydrogens (tertiary/aromatic N) is 2. The number of nitrogens with one attached hydrogen (secondary N) is 2. The number of piperazine rings is 1. The number of nitrogens with two attached hydrogens (primary N) is 1. The fourth-order valence-corrected chi connectivity index (χ4v) is 6.24. The van der Waals surface area contributed by atoms with E-state index in [0.717, 1.165) is 48.3 Å². The Morgan fingerprint density at radius 1 is 1.18 bits per heavy atom. The van der Waals surface area contributed by atoms with E-state index >= 15 is 0 Å². The van der Waals surface area contributed by atoms with Gasteiger partial charge < -0.3 is 20.7 Å². The number of aromatic nitrogens is 1. The maximum atomic E-state index is 11.4. The van der Waals surface area contributed by atoms with Gasteiger partial charge in [0.2, 0.25) is 0 Å². The molecular weight excluding hydrogens is 446 g/mol. The van der Waals surface area contributed by atoms with Gasteiger partial charge in [-0.15, -0.1) is 0 Å². The summed E-state index contributed by atoms with van der Waals surface area (Å²) in [7, 11) is 0. The van der Waals surface area contributed by atoms with Crippen molar-refractivity contribution in [2.75, 3.05) is 31.9 Å². The van der Waals surface area contributed by atoms with Gasteiger partial charge in [0.1, 0.15) is 6.23 Å². The van der Waals surface area contributed by atoms with Crippen LogP contribution in [0.5, 0.6) is 0 Å². The van der Waals surface area contributed by atoms with E-state index in [1.165, 1.54) is 32.1 Å². The lowest BCUT2D eigenvalue weighted by molar-refractivity contribution is 0.0131. The highest BCUT2D eigenvalue weighted by atomic mass is 35.5. The lowest BCUT2D eigenvalue weighted by Crippen LogP contribution is -2.63. The van der Waals surface area contributed by atoms with Gasteiger partial charge in [-0.05, 0) is 44.0 Å². The van der Waals surface area contributed by atoms with Gasteiger partial charge in [0.15, 0.2) is 0 Å². The van der Waals surface area contributed by atoms with Crippen LogP contribution in [0.15, 0.2) is 48.7 Å². The number of hydrogen-bond acceptors (Lipinski definition) is 5. The Balaban J connectivity index is 1.45. The van der Waals surface area contributed by atoms with Gasteiger partial charge in [0.05, 0.1) is 21.9 Å². The molecule has 2 fully saturated rings. The zero-order chi connectivity index (χ0) is 23.7. The van der Waals surface area contributed by atoms with Crippen molar-refractivity contribution in [2.24, 2.45) is 0 Å². The quantitative estimate of drug-likeness (QED) is 0.309. The number of hydrogen-bond donors (Lipinski definition) is 4. The average molecular weight is 482 g/mol. The van der Waals surface area contributed by atoms with Crippen molar-refractivity contribution >= 4 is 28.2 Å². The molecule has 1 aliphatic heterocycles. The molecule has 0 radical (unpaired) electrons. The standard InChI is InChI=1S/C27H36ClN5O/c1-19-16-32(15-14-30-19)27(12-5-2-6-13-27)18-31-26(34)20-17-33(23-10-4-3-9-22(23)29)24-11-7-8-21(28)25(20)24/h3-4,7-11,17,19,26,30-31,34H,2,5-6,12-16,18,29H2,1H3/t19-,26?/m1/s1. The molecule has 2 atom stereocenters. The number of anilines is 1. The summed E-state index contributed by atoms with van der Waals surface area (Å²) in [5.74, 6) is 0. The van der Waals surface area contributed by atoms with Crippen LogP contribution in [0.4, 0.5) is 5.69 Å². The molecule has 1 aliphatic carbocycles. The first-order valence-corrected chi connectivity index (χ1v) is 12.9. The third-order valence-corrected chi connectivity index (χ3v) is 8.06. The second-order valence-electron chi connectivity index (χ2n) is 10.0. The van der Waals surface area contributed by atoms with Crippen molar-refractivity contribution in [1.82, 2.24) is 20.1 Å². The van der Waals surface area contributed by atoms with Gasteiger partial charge in [0, 0.05) is 54.9 Å². The average Bonchev–Trinajstić information content (AvgIpc) is 3.24. The Morgan fingerprint density at radius 2 is 1.97 bits per heavy atom. The normalized spacial score (nSPS) is 22.1. The lowest BCUT2D eigenvalue weighted by Gasteiger charge is -2.50. The topological polar surface area (TPSA) is 78.5 Å². The highest BCUT2D eigenvalue weighted by Crippen LogP contribution is 2.37. The van der Waals surface area contributed by atoms with Crippen molar-refractivity contribution in [3.05, 3.63) is 59.2 Å². The number of nitrogen functional groups attached to an aromatic ring is 1. The Labute approximate surface area is 207 Å². The van der Waals surface area contributed by atoms with E-state index in [-0.39, 0.29) is 5.54 Å². The van der Waals surface area contributed by atoms with E-state index in [4.69, 9.17) is 17.3 Å². The van der Waals surface area contributed by atoms with Crippen LogP contribution in [0.1, 0.15) is 50.8 Å². The summed E-state index contributed by atoms with van der Waals surface area (Å²) in [5.41, 5.74) is 9.66. The summed E-state index contributed by atoms with van der Waals surface area (Å²) in [6.45, 7) is 6.15. The monoisotopic (exact) mass is 481 g/mol. The fourth-order valence-electron chi connectivity index (χ4n) is 5.96. The zero-order valence-electron chi connectivity index (χ0n) is 19.9. The van der Waals surface area contributed by atoms with E-state index in [9.17, 15) is 5.11 Å². The second kappa shape index (κ2) is 9.88. The Hall–Kier alpha value is -2.09. The maximum Gasteiger partial charge on any atom is 0.133 e. The van der Waals surface area contributed by atoms with Crippen LogP contribution in [0.2, 0.25) is 5.02 Å². The first-order valence-electron chi connectivity index (χ1n) is 12.5. The van der Waals surface area contributed by atoms with Gasteiger partial charge in [-0.2, -0.15) is 0 Å². The molecule has 6 nitrogen and oxygen atoms in total. The van der Waals surface area contributed by atoms with Crippen molar-refractivity contribution < 1.29 is 5.11 Å². The highest BCUT2D eigenvalue weighted by molar-refractivity contribution is 6.35. The molecule has 182 valence electrons. The van der Waals surface area contributed by atoms with E-state index in [1.54, 1.807) is 0 Å². The van der Waals surface area contributed by atoms with Crippen LogP contribution in [-0.4, -0.2) is 52.3 Å². The Kier molecular flexibility index (Phi) is 6.87. The molecular formula is C27H36ClN5O. The first kappa shape index (κ1) is 23.6. The number of halogens is 1. The molecule has 2 heterocycles. The van der Waals surface area contributed by atoms with Crippen LogP contribution < -0.4 is 16.4 Å². The summed E-state index contributed by atoms with van der Waals surface area (Å²) >= 11 is 6.66. The Morgan fingerprint density at radius 3 is 2.74 bits per heavy atom. The third-order valence-electron chi connectivity index (χ3n) is 7.75. The number of benzene rings is 2. The predicted molar refractivity (Wildman–Crippen MR) is 141 cm³/mol. The molecule has 2 aromatic carbocycles. The second-order valence-corrected chi connectivity index (χ2v) is 10.4. The van der Waals surface area contributed by atoms with Crippen LogP contribution in [-0.2, 0) is 0 Å². The summed E-state index contributed by atoms with van der Waals surface area (Å²) < 4.78 is 2.03. The van der Waals surface area contributed by atoms with Crippen molar-refractivity contribution in [3.63, 3.8) is 0 Å². The number of para-hydroxylation sites is 2. The van der Waals surface area contributed by atoms with E-state index in [2.05, 4.69) is 22.5 Å². The predicted octanol–water partition coefficient (Wildman–Crippen LogP) is 4.44. The summed E-state index contributed by atoms with van der Waals surface area (Å²) in [6, 6.07) is 14.1. The third kappa shape index (κ3) is 4.45. The van der Waals surface area contributed by atoms with E-state index in [0.29, 0.717) is 16.8 Å².